The van der Waals surface area contributed by atoms with Crippen molar-refractivity contribution < 1.29 is 8.78 Å². The predicted octanol–water partition coefficient (Wildman–Crippen LogP) is 2.67. The van der Waals surface area contributed by atoms with Crippen LogP contribution < -0.4 is 5.32 Å². The fraction of sp³-hybridized carbons (Fsp3) is 0.154. The molecule has 1 N–H and O–H groups in total. The third-order valence-corrected chi connectivity index (χ3v) is 2.53. The van der Waals surface area contributed by atoms with Gasteiger partial charge in [0.05, 0.1) is 12.2 Å². The number of nitrogens with one attached hydrogen (secondary N) is 1. The lowest BCUT2D eigenvalue weighted by atomic mass is 10.0. The maximum Gasteiger partial charge on any atom is 0.141 e. The molecule has 2 nitrogen and oxygen atoms in total. The van der Waals surface area contributed by atoms with E-state index >= 15 is 0 Å². The highest BCUT2D eigenvalue weighted by Crippen LogP contribution is 2.21. The Morgan fingerprint density at radius 2 is 1.82 bits per heavy atom. The van der Waals surface area contributed by atoms with Gasteiger partial charge in [0.15, 0.2) is 0 Å². The summed E-state index contributed by atoms with van der Waals surface area (Å²) in [5, 5.41) is 3.02. The summed E-state index contributed by atoms with van der Waals surface area (Å²) in [4.78, 5) is 3.79. The zero-order valence-corrected chi connectivity index (χ0v) is 9.32. The van der Waals surface area contributed by atoms with Crippen molar-refractivity contribution in [1.29, 1.82) is 0 Å². The predicted molar refractivity (Wildman–Crippen MR) is 61.5 cm³/mol. The van der Waals surface area contributed by atoms with Crippen molar-refractivity contribution in [3.63, 3.8) is 0 Å². The topological polar surface area (TPSA) is 24.9 Å². The second-order valence-corrected chi connectivity index (χ2v) is 3.71. The van der Waals surface area contributed by atoms with Crippen molar-refractivity contribution in [1.82, 2.24) is 10.3 Å². The second kappa shape index (κ2) is 5.01. The highest BCUT2D eigenvalue weighted by molar-refractivity contribution is 5.30. The Morgan fingerprint density at radius 3 is 2.47 bits per heavy atom. The van der Waals surface area contributed by atoms with Crippen LogP contribution >= 0.6 is 0 Å². The molecule has 1 unspecified atom stereocenters. The van der Waals surface area contributed by atoms with E-state index in [1.165, 1.54) is 18.2 Å². The molecule has 2 rings (SSSR count). The summed E-state index contributed by atoms with van der Waals surface area (Å²) in [6, 6.07) is 7.33. The molecule has 0 spiro atoms. The number of hydrogen-bond donors (Lipinski definition) is 1. The maximum absolute atomic E-state index is 13.1. The van der Waals surface area contributed by atoms with E-state index in [0.29, 0.717) is 5.56 Å². The fourth-order valence-electron chi connectivity index (χ4n) is 1.80. The Bertz CT molecular complexity index is 469. The molecule has 2 aromatic rings. The highest BCUT2D eigenvalue weighted by atomic mass is 19.1. The number of pyridine rings is 1. The van der Waals surface area contributed by atoms with Gasteiger partial charge in [-0.05, 0) is 36.4 Å². The molecule has 4 heteroatoms. The largest absolute Gasteiger partial charge is 0.309 e. The van der Waals surface area contributed by atoms with Gasteiger partial charge < -0.3 is 5.32 Å². The number of rotatable bonds is 3. The number of benzene rings is 1. The summed E-state index contributed by atoms with van der Waals surface area (Å²) in [6.07, 6.45) is 2.71. The van der Waals surface area contributed by atoms with Crippen LogP contribution in [0.5, 0.6) is 0 Å². The standard InChI is InChI=1S/C13H12F2N2/c1-16-13(9-3-2-4-11(14)5-9)10-6-12(15)8-17-7-10/h2-8,13,16H,1H3. The van der Waals surface area contributed by atoms with E-state index < -0.39 is 5.82 Å². The van der Waals surface area contributed by atoms with Crippen LogP contribution in [0.2, 0.25) is 0 Å². The van der Waals surface area contributed by atoms with Gasteiger partial charge in [0.1, 0.15) is 11.6 Å². The third-order valence-electron chi connectivity index (χ3n) is 2.53. The van der Waals surface area contributed by atoms with E-state index in [2.05, 4.69) is 10.3 Å². The van der Waals surface area contributed by atoms with Crippen molar-refractivity contribution in [2.45, 2.75) is 6.04 Å². The molecular weight excluding hydrogens is 222 g/mol. The summed E-state index contributed by atoms with van der Waals surface area (Å²) >= 11 is 0. The average molecular weight is 234 g/mol. The molecule has 0 saturated carbocycles. The van der Waals surface area contributed by atoms with E-state index in [9.17, 15) is 8.78 Å². The van der Waals surface area contributed by atoms with Gasteiger partial charge in [-0.3, -0.25) is 4.98 Å². The van der Waals surface area contributed by atoms with Gasteiger partial charge in [-0.25, -0.2) is 8.78 Å². The Morgan fingerprint density at radius 1 is 1.06 bits per heavy atom. The fourth-order valence-corrected chi connectivity index (χ4v) is 1.80. The molecule has 1 heterocycles. The molecule has 0 aliphatic heterocycles. The van der Waals surface area contributed by atoms with Gasteiger partial charge in [0.25, 0.3) is 0 Å². The molecule has 1 aromatic carbocycles. The SMILES string of the molecule is CNC(c1cccc(F)c1)c1cncc(F)c1. The molecule has 0 fully saturated rings. The molecule has 0 aliphatic carbocycles. The summed E-state index contributed by atoms with van der Waals surface area (Å²) in [7, 11) is 1.74. The van der Waals surface area contributed by atoms with Crippen LogP contribution in [0.4, 0.5) is 8.78 Å². The van der Waals surface area contributed by atoms with Crippen molar-refractivity contribution in [3.8, 4) is 0 Å². The lowest BCUT2D eigenvalue weighted by molar-refractivity contribution is 0.603. The van der Waals surface area contributed by atoms with E-state index in [0.717, 1.165) is 11.8 Å². The highest BCUT2D eigenvalue weighted by Gasteiger charge is 2.13. The Hall–Kier alpha value is -1.81. The minimum atomic E-state index is -0.404. The maximum atomic E-state index is 13.1. The van der Waals surface area contributed by atoms with E-state index in [1.54, 1.807) is 25.4 Å². The zero-order valence-electron chi connectivity index (χ0n) is 9.32. The second-order valence-electron chi connectivity index (χ2n) is 3.71. The van der Waals surface area contributed by atoms with Gasteiger partial charge in [-0.15, -0.1) is 0 Å². The summed E-state index contributed by atoms with van der Waals surface area (Å²) < 4.78 is 26.2. The molecule has 0 saturated heterocycles. The molecule has 1 aromatic heterocycles. The minimum Gasteiger partial charge on any atom is -0.309 e. The molecule has 0 amide bonds. The van der Waals surface area contributed by atoms with Crippen LogP contribution in [0, 0.1) is 11.6 Å². The van der Waals surface area contributed by atoms with E-state index in [-0.39, 0.29) is 11.9 Å². The minimum absolute atomic E-state index is 0.270. The summed E-state index contributed by atoms with van der Waals surface area (Å²) in [5.74, 6) is -0.716. The van der Waals surface area contributed by atoms with Crippen LogP contribution in [0.15, 0.2) is 42.7 Å². The first-order valence-electron chi connectivity index (χ1n) is 5.24. The van der Waals surface area contributed by atoms with Gasteiger partial charge in [0, 0.05) is 6.20 Å². The molecule has 0 bridgehead atoms. The molecule has 17 heavy (non-hydrogen) atoms. The average Bonchev–Trinajstić information content (AvgIpc) is 2.30. The molecule has 1 atom stereocenters. The summed E-state index contributed by atoms with van der Waals surface area (Å²) in [5.41, 5.74) is 1.40. The first kappa shape index (κ1) is 11.7. The Balaban J connectivity index is 2.40. The van der Waals surface area contributed by atoms with Crippen LogP contribution in [-0.2, 0) is 0 Å². The lowest BCUT2D eigenvalue weighted by Crippen LogP contribution is -2.18. The molecular formula is C13H12F2N2. The first-order chi connectivity index (χ1) is 8.20. The molecule has 0 radical (unpaired) electrons. The molecule has 88 valence electrons. The van der Waals surface area contributed by atoms with Crippen molar-refractivity contribution in [3.05, 3.63) is 65.5 Å². The Labute approximate surface area is 98.3 Å². The van der Waals surface area contributed by atoms with Crippen molar-refractivity contribution in [2.24, 2.45) is 0 Å². The van der Waals surface area contributed by atoms with E-state index in [4.69, 9.17) is 0 Å². The quantitative estimate of drug-likeness (QED) is 0.883. The summed E-state index contributed by atoms with van der Waals surface area (Å²) in [6.45, 7) is 0. The number of nitrogens with zero attached hydrogens (tertiary/aromatic N) is 1. The van der Waals surface area contributed by atoms with Crippen LogP contribution in [0.1, 0.15) is 17.2 Å². The normalized spacial score (nSPS) is 12.4. The molecule has 0 aliphatic rings. The lowest BCUT2D eigenvalue weighted by Gasteiger charge is -2.16. The van der Waals surface area contributed by atoms with Crippen LogP contribution in [0.3, 0.4) is 0 Å². The van der Waals surface area contributed by atoms with Gasteiger partial charge in [-0.1, -0.05) is 12.1 Å². The number of aromatic nitrogens is 1. The van der Waals surface area contributed by atoms with Gasteiger partial charge in [-0.2, -0.15) is 0 Å². The monoisotopic (exact) mass is 234 g/mol. The van der Waals surface area contributed by atoms with Crippen LogP contribution in [-0.4, -0.2) is 12.0 Å². The Kier molecular flexibility index (Phi) is 3.44. The van der Waals surface area contributed by atoms with Crippen LogP contribution in [0.25, 0.3) is 0 Å². The number of hydrogen-bond acceptors (Lipinski definition) is 2. The van der Waals surface area contributed by atoms with Gasteiger partial charge in [0.2, 0.25) is 0 Å². The smallest absolute Gasteiger partial charge is 0.141 e. The third kappa shape index (κ3) is 2.65. The van der Waals surface area contributed by atoms with Crippen molar-refractivity contribution >= 4 is 0 Å². The number of halogens is 2. The first-order valence-corrected chi connectivity index (χ1v) is 5.24. The van der Waals surface area contributed by atoms with Crippen molar-refractivity contribution in [2.75, 3.05) is 7.05 Å². The zero-order chi connectivity index (χ0) is 12.3. The van der Waals surface area contributed by atoms with Gasteiger partial charge >= 0.3 is 0 Å². The van der Waals surface area contributed by atoms with E-state index in [1.807, 2.05) is 0 Å².